The predicted molar refractivity (Wildman–Crippen MR) is 85.4 cm³/mol. The van der Waals surface area contributed by atoms with Crippen LogP contribution in [0.25, 0.3) is 0 Å². The summed E-state index contributed by atoms with van der Waals surface area (Å²) in [5, 5.41) is 0.180. The lowest BCUT2D eigenvalue weighted by molar-refractivity contribution is 0.182. The summed E-state index contributed by atoms with van der Waals surface area (Å²) in [4.78, 5) is 29.8. The molecule has 0 bridgehead atoms. The van der Waals surface area contributed by atoms with Crippen LogP contribution in [-0.2, 0) is 0 Å². The highest BCUT2D eigenvalue weighted by atomic mass is 35.5. The number of aromatic amines is 1. The second kappa shape index (κ2) is 6.79. The third-order valence-corrected chi connectivity index (χ3v) is 4.46. The standard InChI is InChI=1S/C15H24ClN3O2/c1-4-7-18-8-5-11(6-9-18)19-14(20)12(10(2)3)13(16)17-15(19)21/h10-11H,4-9H2,1-3H3,(H,17,21). The Morgan fingerprint density at radius 1 is 1.29 bits per heavy atom. The lowest BCUT2D eigenvalue weighted by Gasteiger charge is -2.32. The summed E-state index contributed by atoms with van der Waals surface area (Å²) in [5.41, 5.74) is -0.108. The van der Waals surface area contributed by atoms with Crippen molar-refractivity contribution in [3.63, 3.8) is 0 Å². The van der Waals surface area contributed by atoms with E-state index >= 15 is 0 Å². The number of hydrogen-bond acceptors (Lipinski definition) is 3. The number of nitrogens with zero attached hydrogens (tertiary/aromatic N) is 2. The molecular weight excluding hydrogens is 290 g/mol. The average Bonchev–Trinajstić information content (AvgIpc) is 2.40. The number of hydrogen-bond donors (Lipinski definition) is 1. The van der Waals surface area contributed by atoms with E-state index in [1.807, 2.05) is 13.8 Å². The van der Waals surface area contributed by atoms with Crippen LogP contribution in [0.2, 0.25) is 5.15 Å². The molecule has 1 N–H and O–H groups in total. The maximum absolute atomic E-state index is 12.6. The Balaban J connectivity index is 2.31. The largest absolute Gasteiger partial charge is 0.329 e. The van der Waals surface area contributed by atoms with Crippen molar-refractivity contribution in [1.82, 2.24) is 14.5 Å². The van der Waals surface area contributed by atoms with Gasteiger partial charge in [0.15, 0.2) is 0 Å². The van der Waals surface area contributed by atoms with Crippen molar-refractivity contribution in [3.05, 3.63) is 31.6 Å². The van der Waals surface area contributed by atoms with Crippen LogP contribution in [0.1, 0.15) is 57.6 Å². The Labute approximate surface area is 129 Å². The van der Waals surface area contributed by atoms with Gasteiger partial charge in [-0.2, -0.15) is 0 Å². The van der Waals surface area contributed by atoms with E-state index in [-0.39, 0.29) is 28.4 Å². The first-order valence-corrected chi connectivity index (χ1v) is 8.10. The predicted octanol–water partition coefficient (Wildman–Crippen LogP) is 2.36. The van der Waals surface area contributed by atoms with Crippen molar-refractivity contribution in [3.8, 4) is 0 Å². The minimum Gasteiger partial charge on any atom is -0.303 e. The minimum atomic E-state index is -0.386. The first kappa shape index (κ1) is 16.3. The highest BCUT2D eigenvalue weighted by molar-refractivity contribution is 6.30. The molecule has 118 valence electrons. The van der Waals surface area contributed by atoms with E-state index in [1.165, 1.54) is 4.57 Å². The molecule has 21 heavy (non-hydrogen) atoms. The molecule has 1 aromatic rings. The third kappa shape index (κ3) is 3.40. The molecule has 2 rings (SSSR count). The second-order valence-corrected chi connectivity index (χ2v) is 6.44. The molecule has 5 nitrogen and oxygen atoms in total. The van der Waals surface area contributed by atoms with Crippen LogP contribution in [0.5, 0.6) is 0 Å². The van der Waals surface area contributed by atoms with E-state index < -0.39 is 0 Å². The Morgan fingerprint density at radius 3 is 2.43 bits per heavy atom. The molecule has 0 radical (unpaired) electrons. The second-order valence-electron chi connectivity index (χ2n) is 6.06. The third-order valence-electron chi connectivity index (χ3n) is 4.16. The molecule has 1 aliphatic rings. The van der Waals surface area contributed by atoms with Gasteiger partial charge in [0.25, 0.3) is 5.56 Å². The number of likely N-dealkylation sites (tertiary alicyclic amines) is 1. The fourth-order valence-electron chi connectivity index (χ4n) is 3.09. The van der Waals surface area contributed by atoms with Gasteiger partial charge in [-0.15, -0.1) is 0 Å². The van der Waals surface area contributed by atoms with Crippen molar-refractivity contribution in [2.45, 2.75) is 52.0 Å². The van der Waals surface area contributed by atoms with Crippen LogP contribution < -0.4 is 11.2 Å². The summed E-state index contributed by atoms with van der Waals surface area (Å²) >= 11 is 6.03. The maximum Gasteiger partial charge on any atom is 0.329 e. The zero-order valence-corrected chi connectivity index (χ0v) is 13.7. The Morgan fingerprint density at radius 2 is 1.90 bits per heavy atom. The Kier molecular flexibility index (Phi) is 5.27. The van der Waals surface area contributed by atoms with Crippen molar-refractivity contribution in [2.24, 2.45) is 0 Å². The van der Waals surface area contributed by atoms with Gasteiger partial charge in [0.1, 0.15) is 5.15 Å². The smallest absolute Gasteiger partial charge is 0.303 e. The zero-order chi connectivity index (χ0) is 15.6. The molecule has 1 aliphatic heterocycles. The number of rotatable bonds is 4. The van der Waals surface area contributed by atoms with Crippen LogP contribution >= 0.6 is 11.6 Å². The van der Waals surface area contributed by atoms with Crippen LogP contribution in [0.15, 0.2) is 9.59 Å². The van der Waals surface area contributed by atoms with Crippen LogP contribution in [-0.4, -0.2) is 34.1 Å². The normalized spacial score (nSPS) is 17.6. The van der Waals surface area contributed by atoms with Crippen molar-refractivity contribution >= 4 is 11.6 Å². The van der Waals surface area contributed by atoms with Crippen LogP contribution in [0.4, 0.5) is 0 Å². The molecule has 2 heterocycles. The number of nitrogens with one attached hydrogen (secondary N) is 1. The number of piperidine rings is 1. The molecule has 0 unspecified atom stereocenters. The minimum absolute atomic E-state index is 0.00622. The molecule has 0 spiro atoms. The monoisotopic (exact) mass is 313 g/mol. The van der Waals surface area contributed by atoms with Gasteiger partial charge in [-0.3, -0.25) is 14.3 Å². The zero-order valence-electron chi connectivity index (χ0n) is 13.0. The average molecular weight is 314 g/mol. The number of aromatic nitrogens is 2. The fourth-order valence-corrected chi connectivity index (χ4v) is 3.47. The molecule has 0 saturated carbocycles. The van der Waals surface area contributed by atoms with Crippen molar-refractivity contribution in [2.75, 3.05) is 19.6 Å². The molecule has 1 saturated heterocycles. The summed E-state index contributed by atoms with van der Waals surface area (Å²) in [6.07, 6.45) is 2.80. The van der Waals surface area contributed by atoms with Crippen molar-refractivity contribution in [1.29, 1.82) is 0 Å². The van der Waals surface area contributed by atoms with E-state index in [4.69, 9.17) is 11.6 Å². The molecule has 0 aromatic carbocycles. The van der Waals surface area contributed by atoms with Gasteiger partial charge in [-0.05, 0) is 31.7 Å². The number of halogens is 1. The van der Waals surface area contributed by atoms with E-state index in [1.54, 1.807) is 0 Å². The van der Waals surface area contributed by atoms with Gasteiger partial charge in [-0.1, -0.05) is 32.4 Å². The highest BCUT2D eigenvalue weighted by Gasteiger charge is 2.25. The van der Waals surface area contributed by atoms with Gasteiger partial charge < -0.3 is 4.90 Å². The lowest BCUT2D eigenvalue weighted by Crippen LogP contribution is -2.44. The summed E-state index contributed by atoms with van der Waals surface area (Å²) in [6.45, 7) is 8.93. The van der Waals surface area contributed by atoms with Gasteiger partial charge in [-0.25, -0.2) is 4.79 Å². The molecule has 0 atom stereocenters. The summed E-state index contributed by atoms with van der Waals surface area (Å²) in [5.74, 6) is -0.00622. The van der Waals surface area contributed by atoms with Gasteiger partial charge in [0, 0.05) is 19.1 Å². The summed E-state index contributed by atoms with van der Waals surface area (Å²) in [7, 11) is 0. The first-order chi connectivity index (χ1) is 9.95. The van der Waals surface area contributed by atoms with Gasteiger partial charge in [0.05, 0.1) is 5.56 Å². The first-order valence-electron chi connectivity index (χ1n) is 7.72. The van der Waals surface area contributed by atoms with E-state index in [0.29, 0.717) is 5.56 Å². The van der Waals surface area contributed by atoms with Gasteiger partial charge >= 0.3 is 5.69 Å². The topological polar surface area (TPSA) is 58.1 Å². The molecule has 1 aromatic heterocycles. The maximum atomic E-state index is 12.6. The van der Waals surface area contributed by atoms with Crippen LogP contribution in [0, 0.1) is 0 Å². The molecule has 6 heteroatoms. The molecule has 0 amide bonds. The molecule has 0 aliphatic carbocycles. The van der Waals surface area contributed by atoms with E-state index in [2.05, 4.69) is 16.8 Å². The molecular formula is C15H24ClN3O2. The quantitative estimate of drug-likeness (QED) is 0.868. The Bertz CT molecular complexity index is 598. The number of H-pyrrole nitrogens is 1. The SMILES string of the molecule is CCCN1CCC(n2c(=O)[nH]c(Cl)c(C(C)C)c2=O)CC1. The van der Waals surface area contributed by atoms with Gasteiger partial charge in [0.2, 0.25) is 0 Å². The fraction of sp³-hybridized carbons (Fsp3) is 0.733. The highest BCUT2D eigenvalue weighted by Crippen LogP contribution is 2.22. The summed E-state index contributed by atoms with van der Waals surface area (Å²) < 4.78 is 1.38. The molecule has 1 fully saturated rings. The Hall–Kier alpha value is -1.07. The van der Waals surface area contributed by atoms with Crippen LogP contribution in [0.3, 0.4) is 0 Å². The van der Waals surface area contributed by atoms with E-state index in [9.17, 15) is 9.59 Å². The van der Waals surface area contributed by atoms with E-state index in [0.717, 1.165) is 38.9 Å². The summed E-state index contributed by atoms with van der Waals surface area (Å²) in [6, 6.07) is -0.0240. The van der Waals surface area contributed by atoms with Crippen molar-refractivity contribution < 1.29 is 0 Å². The lowest BCUT2D eigenvalue weighted by atomic mass is 10.0.